The molecule has 0 saturated heterocycles. The van der Waals surface area contributed by atoms with E-state index in [1.165, 1.54) is 0 Å². The van der Waals surface area contributed by atoms with E-state index < -0.39 is 6.10 Å². The molecule has 1 aliphatic carbocycles. The van der Waals surface area contributed by atoms with Crippen LogP contribution in [0.25, 0.3) is 0 Å². The van der Waals surface area contributed by atoms with Crippen LogP contribution in [0.15, 0.2) is 90.3 Å². The van der Waals surface area contributed by atoms with Crippen LogP contribution in [0, 0.1) is 0 Å². The molecular formula is C32H33N3O4S. The fourth-order valence-electron chi connectivity index (χ4n) is 4.89. The van der Waals surface area contributed by atoms with E-state index in [2.05, 4.69) is 22.4 Å². The van der Waals surface area contributed by atoms with E-state index in [0.29, 0.717) is 24.3 Å². The normalized spacial score (nSPS) is 14.3. The van der Waals surface area contributed by atoms with Crippen LogP contribution in [0.5, 0.6) is 5.75 Å². The molecule has 5 rings (SSSR count). The fourth-order valence-corrected chi connectivity index (χ4v) is 5.90. The Labute approximate surface area is 238 Å². The minimum Gasteiger partial charge on any atom is -0.484 e. The number of nitrogens with zero attached hydrogens (tertiary/aromatic N) is 2. The molecule has 40 heavy (non-hydrogen) atoms. The molecule has 3 aromatic carbocycles. The number of Topliss-reactive ketones (excluding diaryl/α,β-unsaturated/α-hetero) is 1. The molecule has 0 unspecified atom stereocenters. The number of fused-ring (bicyclic) bond motifs is 1. The maximum atomic E-state index is 12.8. The Morgan fingerprint density at radius 3 is 2.75 bits per heavy atom. The van der Waals surface area contributed by atoms with Crippen LogP contribution in [-0.2, 0) is 18.7 Å². The van der Waals surface area contributed by atoms with E-state index >= 15 is 0 Å². The van der Waals surface area contributed by atoms with E-state index in [9.17, 15) is 14.7 Å². The largest absolute Gasteiger partial charge is 0.484 e. The van der Waals surface area contributed by atoms with Gasteiger partial charge in [-0.25, -0.2) is 4.98 Å². The Morgan fingerprint density at radius 2 is 1.98 bits per heavy atom. The van der Waals surface area contributed by atoms with Gasteiger partial charge in [0, 0.05) is 52.7 Å². The lowest BCUT2D eigenvalue weighted by Gasteiger charge is -2.25. The molecule has 1 aliphatic rings. The minimum absolute atomic E-state index is 0.175. The SMILES string of the molecule is C[C@H](O)CNC(=O)c1cccc(SCc2c(O[C@H](Cn3ccnc3)c3ccccc3)ccc3c2CCCC3=O)c1. The van der Waals surface area contributed by atoms with Crippen molar-refractivity contribution >= 4 is 23.5 Å². The summed E-state index contributed by atoms with van der Waals surface area (Å²) < 4.78 is 8.75. The number of imidazole rings is 1. The number of rotatable bonds is 11. The number of nitrogens with one attached hydrogen (secondary N) is 1. The number of carbonyl (C=O) groups excluding carboxylic acids is 2. The highest BCUT2D eigenvalue weighted by Gasteiger charge is 2.25. The van der Waals surface area contributed by atoms with Crippen molar-refractivity contribution in [2.24, 2.45) is 0 Å². The highest BCUT2D eigenvalue weighted by Crippen LogP contribution is 2.38. The third-order valence-corrected chi connectivity index (χ3v) is 7.95. The number of hydrogen-bond donors (Lipinski definition) is 2. The van der Waals surface area contributed by atoms with Crippen molar-refractivity contribution < 1.29 is 19.4 Å². The van der Waals surface area contributed by atoms with Crippen molar-refractivity contribution in [1.29, 1.82) is 0 Å². The first kappa shape index (κ1) is 27.7. The number of ketones is 1. The zero-order chi connectivity index (χ0) is 27.9. The summed E-state index contributed by atoms with van der Waals surface area (Å²) in [7, 11) is 0. The van der Waals surface area contributed by atoms with Crippen LogP contribution in [-0.4, -0.2) is 39.0 Å². The van der Waals surface area contributed by atoms with E-state index in [1.54, 1.807) is 37.3 Å². The predicted molar refractivity (Wildman–Crippen MR) is 156 cm³/mol. The van der Waals surface area contributed by atoms with Gasteiger partial charge in [-0.05, 0) is 61.2 Å². The van der Waals surface area contributed by atoms with Gasteiger partial charge in [-0.3, -0.25) is 9.59 Å². The molecule has 0 spiro atoms. The van der Waals surface area contributed by atoms with Gasteiger partial charge in [0.1, 0.15) is 11.9 Å². The van der Waals surface area contributed by atoms with Crippen molar-refractivity contribution in [3.63, 3.8) is 0 Å². The molecule has 206 valence electrons. The number of amides is 1. The maximum Gasteiger partial charge on any atom is 0.251 e. The van der Waals surface area contributed by atoms with Crippen LogP contribution >= 0.6 is 11.8 Å². The Hall–Kier alpha value is -3.88. The van der Waals surface area contributed by atoms with Crippen molar-refractivity contribution in [2.75, 3.05) is 6.54 Å². The van der Waals surface area contributed by atoms with Crippen molar-refractivity contribution in [1.82, 2.24) is 14.9 Å². The predicted octanol–water partition coefficient (Wildman–Crippen LogP) is 5.63. The molecule has 2 N–H and O–H groups in total. The Bertz CT molecular complexity index is 1450. The van der Waals surface area contributed by atoms with E-state index in [1.807, 2.05) is 59.3 Å². The van der Waals surface area contributed by atoms with Gasteiger partial charge in [-0.2, -0.15) is 0 Å². The molecule has 1 aromatic heterocycles. The summed E-state index contributed by atoms with van der Waals surface area (Å²) in [5, 5.41) is 12.2. The summed E-state index contributed by atoms with van der Waals surface area (Å²) in [6.07, 6.45) is 6.82. The fraction of sp³-hybridized carbons (Fsp3) is 0.281. The van der Waals surface area contributed by atoms with Crippen LogP contribution in [0.3, 0.4) is 0 Å². The van der Waals surface area contributed by atoms with E-state index in [-0.39, 0.29) is 24.3 Å². The van der Waals surface area contributed by atoms with Crippen LogP contribution in [0.1, 0.15) is 63.3 Å². The average molecular weight is 556 g/mol. The monoisotopic (exact) mass is 555 g/mol. The average Bonchev–Trinajstić information content (AvgIpc) is 3.49. The molecule has 0 fully saturated rings. The van der Waals surface area contributed by atoms with Gasteiger partial charge in [0.25, 0.3) is 5.91 Å². The molecular weight excluding hydrogens is 522 g/mol. The molecule has 4 aromatic rings. The Kier molecular flexibility index (Phi) is 8.98. The lowest BCUT2D eigenvalue weighted by atomic mass is 9.87. The first-order valence-electron chi connectivity index (χ1n) is 13.5. The molecule has 0 bridgehead atoms. The molecule has 0 saturated carbocycles. The maximum absolute atomic E-state index is 12.8. The molecule has 1 heterocycles. The quantitative estimate of drug-likeness (QED) is 0.233. The van der Waals surface area contributed by atoms with E-state index in [0.717, 1.165) is 45.7 Å². The lowest BCUT2D eigenvalue weighted by Crippen LogP contribution is -2.30. The summed E-state index contributed by atoms with van der Waals surface area (Å²) in [6.45, 7) is 2.42. The zero-order valence-corrected chi connectivity index (χ0v) is 23.3. The topological polar surface area (TPSA) is 93.4 Å². The summed E-state index contributed by atoms with van der Waals surface area (Å²) in [5.41, 5.74) is 4.45. The number of aliphatic hydroxyl groups is 1. The van der Waals surface area contributed by atoms with Gasteiger partial charge < -0.3 is 19.7 Å². The van der Waals surface area contributed by atoms with Crippen molar-refractivity contribution in [3.8, 4) is 5.75 Å². The van der Waals surface area contributed by atoms with E-state index in [4.69, 9.17) is 4.74 Å². The van der Waals surface area contributed by atoms with Crippen LogP contribution in [0.4, 0.5) is 0 Å². The number of benzene rings is 3. The number of thioether (sulfide) groups is 1. The van der Waals surface area contributed by atoms with Crippen molar-refractivity contribution in [2.45, 2.75) is 55.6 Å². The molecule has 2 atom stereocenters. The first-order chi connectivity index (χ1) is 19.5. The van der Waals surface area contributed by atoms with Gasteiger partial charge in [-0.15, -0.1) is 11.8 Å². The number of hydrogen-bond acceptors (Lipinski definition) is 6. The number of aromatic nitrogens is 2. The molecule has 0 aliphatic heterocycles. The second-order valence-corrected chi connectivity index (χ2v) is 11.0. The number of carbonyl (C=O) groups is 2. The summed E-state index contributed by atoms with van der Waals surface area (Å²) in [4.78, 5) is 30.5. The standard InChI is InChI=1S/C32H33N3O4S/c1-22(36)18-34-32(38)24-9-5-10-25(17-24)40-20-28-26-11-6-12-29(37)27(26)13-14-30(28)39-31(19-35-16-15-33-21-35)23-7-3-2-4-8-23/h2-5,7-10,13-17,21-22,31,36H,6,11-12,18-20H2,1H3,(H,34,38)/t22-,31+/m0/s1. The second-order valence-electron chi connectivity index (χ2n) is 10.00. The molecule has 7 nitrogen and oxygen atoms in total. The van der Waals surface area contributed by atoms with Crippen LogP contribution < -0.4 is 10.1 Å². The van der Waals surface area contributed by atoms with Crippen LogP contribution in [0.2, 0.25) is 0 Å². The van der Waals surface area contributed by atoms with Gasteiger partial charge in [0.2, 0.25) is 0 Å². The molecule has 1 amide bonds. The summed E-state index contributed by atoms with van der Waals surface area (Å²) >= 11 is 1.61. The minimum atomic E-state index is -0.611. The number of ether oxygens (including phenoxy) is 1. The highest BCUT2D eigenvalue weighted by molar-refractivity contribution is 7.98. The molecule has 0 radical (unpaired) electrons. The smallest absolute Gasteiger partial charge is 0.251 e. The molecule has 8 heteroatoms. The third kappa shape index (κ3) is 6.81. The first-order valence-corrected chi connectivity index (χ1v) is 14.5. The summed E-state index contributed by atoms with van der Waals surface area (Å²) in [5.74, 6) is 1.31. The Morgan fingerprint density at radius 1 is 1.12 bits per heavy atom. The van der Waals surface area contributed by atoms with Gasteiger partial charge in [0.05, 0.1) is 19.0 Å². The van der Waals surface area contributed by atoms with Gasteiger partial charge >= 0.3 is 0 Å². The Balaban J connectivity index is 1.43. The lowest BCUT2D eigenvalue weighted by molar-refractivity contribution is 0.0923. The second kappa shape index (κ2) is 13.0. The third-order valence-electron chi connectivity index (χ3n) is 6.93. The highest BCUT2D eigenvalue weighted by atomic mass is 32.2. The number of aliphatic hydroxyl groups excluding tert-OH is 1. The zero-order valence-electron chi connectivity index (χ0n) is 22.5. The summed E-state index contributed by atoms with van der Waals surface area (Å²) in [6, 6.07) is 21.4. The van der Waals surface area contributed by atoms with Gasteiger partial charge in [-0.1, -0.05) is 36.4 Å². The van der Waals surface area contributed by atoms with Crippen molar-refractivity contribution in [3.05, 3.63) is 113 Å². The van der Waals surface area contributed by atoms with Gasteiger partial charge in [0.15, 0.2) is 5.78 Å².